The van der Waals surface area contributed by atoms with Crippen molar-refractivity contribution in [1.29, 1.82) is 0 Å². The van der Waals surface area contributed by atoms with E-state index < -0.39 is 0 Å². The first kappa shape index (κ1) is 12.9. The van der Waals surface area contributed by atoms with Gasteiger partial charge in [0.15, 0.2) is 5.69 Å². The van der Waals surface area contributed by atoms with Crippen molar-refractivity contribution in [2.45, 2.75) is 19.4 Å². The molecule has 6 nitrogen and oxygen atoms in total. The number of aromatic nitrogens is 2. The van der Waals surface area contributed by atoms with Crippen molar-refractivity contribution in [2.75, 3.05) is 20.2 Å². The van der Waals surface area contributed by atoms with Crippen LogP contribution in [0.5, 0.6) is 5.88 Å². The Hall–Kier alpha value is -1.56. The standard InChI is InChI=1S/C12H20N4O2/c1-8-4-5-16(10(8)7-13)12(17)9-6-11(18-3)15(2)14-9/h6,8,10H,4-5,7,13H2,1-3H3. The quantitative estimate of drug-likeness (QED) is 0.836. The second-order valence-electron chi connectivity index (χ2n) is 4.76. The van der Waals surface area contributed by atoms with E-state index in [9.17, 15) is 4.79 Å². The highest BCUT2D eigenvalue weighted by Gasteiger charge is 2.34. The first-order valence-corrected chi connectivity index (χ1v) is 6.17. The molecule has 0 saturated carbocycles. The van der Waals surface area contributed by atoms with Gasteiger partial charge >= 0.3 is 0 Å². The lowest BCUT2D eigenvalue weighted by molar-refractivity contribution is 0.0720. The number of hydrogen-bond acceptors (Lipinski definition) is 4. The Morgan fingerprint density at radius 3 is 2.94 bits per heavy atom. The third-order valence-corrected chi connectivity index (χ3v) is 3.65. The van der Waals surface area contributed by atoms with Gasteiger partial charge in [0.05, 0.1) is 7.11 Å². The summed E-state index contributed by atoms with van der Waals surface area (Å²) in [4.78, 5) is 14.2. The minimum absolute atomic E-state index is 0.0614. The summed E-state index contributed by atoms with van der Waals surface area (Å²) in [5, 5.41) is 4.18. The summed E-state index contributed by atoms with van der Waals surface area (Å²) < 4.78 is 6.68. The maximum Gasteiger partial charge on any atom is 0.274 e. The van der Waals surface area contributed by atoms with Gasteiger partial charge < -0.3 is 15.4 Å². The molecule has 1 aliphatic rings. The third kappa shape index (κ3) is 2.08. The van der Waals surface area contributed by atoms with Crippen LogP contribution in [0.1, 0.15) is 23.8 Å². The molecule has 1 fully saturated rings. The van der Waals surface area contributed by atoms with E-state index in [4.69, 9.17) is 10.5 Å². The number of likely N-dealkylation sites (tertiary alicyclic amines) is 1. The van der Waals surface area contributed by atoms with Crippen molar-refractivity contribution >= 4 is 5.91 Å². The molecule has 1 aromatic heterocycles. The fourth-order valence-electron chi connectivity index (χ4n) is 2.51. The van der Waals surface area contributed by atoms with Gasteiger partial charge in [-0.3, -0.25) is 4.79 Å². The molecule has 0 aliphatic carbocycles. The van der Waals surface area contributed by atoms with Gasteiger partial charge in [0.1, 0.15) is 0 Å². The van der Waals surface area contributed by atoms with Crippen molar-refractivity contribution < 1.29 is 9.53 Å². The van der Waals surface area contributed by atoms with Gasteiger partial charge in [0.2, 0.25) is 5.88 Å². The molecule has 18 heavy (non-hydrogen) atoms. The predicted molar refractivity (Wildman–Crippen MR) is 67.4 cm³/mol. The molecule has 0 radical (unpaired) electrons. The van der Waals surface area contributed by atoms with Gasteiger partial charge in [-0.1, -0.05) is 6.92 Å². The van der Waals surface area contributed by atoms with E-state index in [0.717, 1.165) is 13.0 Å². The average Bonchev–Trinajstić information content (AvgIpc) is 2.91. The van der Waals surface area contributed by atoms with Gasteiger partial charge in [-0.05, 0) is 12.3 Å². The maximum atomic E-state index is 12.4. The van der Waals surface area contributed by atoms with Crippen LogP contribution in [0.2, 0.25) is 0 Å². The monoisotopic (exact) mass is 252 g/mol. The predicted octanol–water partition coefficient (Wildman–Crippen LogP) is 0.238. The highest BCUT2D eigenvalue weighted by Crippen LogP contribution is 2.25. The highest BCUT2D eigenvalue weighted by atomic mass is 16.5. The maximum absolute atomic E-state index is 12.4. The number of hydrogen-bond donors (Lipinski definition) is 1. The van der Waals surface area contributed by atoms with Gasteiger partial charge in [0.25, 0.3) is 5.91 Å². The average molecular weight is 252 g/mol. The molecule has 2 atom stereocenters. The third-order valence-electron chi connectivity index (χ3n) is 3.65. The van der Waals surface area contributed by atoms with Crippen molar-refractivity contribution in [2.24, 2.45) is 18.7 Å². The fourth-order valence-corrected chi connectivity index (χ4v) is 2.51. The molecular weight excluding hydrogens is 232 g/mol. The molecule has 2 unspecified atom stereocenters. The van der Waals surface area contributed by atoms with Crippen LogP contribution in [0.4, 0.5) is 0 Å². The molecule has 2 N–H and O–H groups in total. The number of ether oxygens (including phenoxy) is 1. The van der Waals surface area contributed by atoms with Crippen molar-refractivity contribution in [3.05, 3.63) is 11.8 Å². The van der Waals surface area contributed by atoms with Crippen LogP contribution in [-0.2, 0) is 7.05 Å². The Kier molecular flexibility index (Phi) is 3.56. The molecule has 0 bridgehead atoms. The zero-order valence-corrected chi connectivity index (χ0v) is 11.1. The largest absolute Gasteiger partial charge is 0.481 e. The lowest BCUT2D eigenvalue weighted by Crippen LogP contribution is -2.42. The number of amides is 1. The van der Waals surface area contributed by atoms with Crippen molar-refractivity contribution in [1.82, 2.24) is 14.7 Å². The first-order chi connectivity index (χ1) is 8.58. The highest BCUT2D eigenvalue weighted by molar-refractivity contribution is 5.93. The Morgan fingerprint density at radius 1 is 1.67 bits per heavy atom. The Bertz CT molecular complexity index is 443. The topological polar surface area (TPSA) is 73.4 Å². The summed E-state index contributed by atoms with van der Waals surface area (Å²) in [6.45, 7) is 3.38. The Balaban J connectivity index is 2.20. The smallest absolute Gasteiger partial charge is 0.274 e. The van der Waals surface area contributed by atoms with Crippen molar-refractivity contribution in [3.8, 4) is 5.88 Å². The SMILES string of the molecule is COc1cc(C(=O)N2CCC(C)C2CN)nn1C. The fraction of sp³-hybridized carbons (Fsp3) is 0.667. The summed E-state index contributed by atoms with van der Waals surface area (Å²) in [6.07, 6.45) is 0.998. The minimum atomic E-state index is -0.0614. The molecule has 1 aliphatic heterocycles. The van der Waals surface area contributed by atoms with E-state index in [-0.39, 0.29) is 11.9 Å². The van der Waals surface area contributed by atoms with E-state index in [1.807, 2.05) is 4.90 Å². The molecule has 0 aromatic carbocycles. The molecule has 6 heteroatoms. The Labute approximate surface area is 107 Å². The van der Waals surface area contributed by atoms with Crippen LogP contribution in [0.15, 0.2) is 6.07 Å². The zero-order valence-electron chi connectivity index (χ0n) is 11.1. The van der Waals surface area contributed by atoms with E-state index in [1.54, 1.807) is 24.9 Å². The number of nitrogens with zero attached hydrogens (tertiary/aromatic N) is 3. The van der Waals surface area contributed by atoms with E-state index >= 15 is 0 Å². The van der Waals surface area contributed by atoms with E-state index in [0.29, 0.717) is 24.0 Å². The first-order valence-electron chi connectivity index (χ1n) is 6.17. The molecule has 0 spiro atoms. The summed E-state index contributed by atoms with van der Waals surface area (Å²) in [5.74, 6) is 0.966. The minimum Gasteiger partial charge on any atom is -0.481 e. The van der Waals surface area contributed by atoms with E-state index in [1.165, 1.54) is 0 Å². The molecular formula is C12H20N4O2. The van der Waals surface area contributed by atoms with Crippen LogP contribution in [-0.4, -0.2) is 46.8 Å². The summed E-state index contributed by atoms with van der Waals surface area (Å²) >= 11 is 0. The van der Waals surface area contributed by atoms with Crippen LogP contribution < -0.4 is 10.5 Å². The number of carbonyl (C=O) groups excluding carboxylic acids is 1. The summed E-state index contributed by atoms with van der Waals surface area (Å²) in [6, 6.07) is 1.78. The summed E-state index contributed by atoms with van der Waals surface area (Å²) in [5.41, 5.74) is 6.17. The van der Waals surface area contributed by atoms with E-state index in [2.05, 4.69) is 12.0 Å². The second kappa shape index (κ2) is 4.97. The molecule has 100 valence electrons. The zero-order chi connectivity index (χ0) is 13.3. The second-order valence-corrected chi connectivity index (χ2v) is 4.76. The lowest BCUT2D eigenvalue weighted by atomic mass is 10.0. The van der Waals surface area contributed by atoms with Gasteiger partial charge in [0, 0.05) is 32.2 Å². The number of rotatable bonds is 3. The number of nitrogens with two attached hydrogens (primary N) is 1. The molecule has 2 heterocycles. The van der Waals surface area contributed by atoms with Crippen LogP contribution in [0.3, 0.4) is 0 Å². The molecule has 2 rings (SSSR count). The summed E-state index contributed by atoms with van der Waals surface area (Å²) in [7, 11) is 3.31. The number of carbonyl (C=O) groups is 1. The molecule has 1 amide bonds. The van der Waals surface area contributed by atoms with Gasteiger partial charge in [-0.25, -0.2) is 4.68 Å². The van der Waals surface area contributed by atoms with Crippen LogP contribution >= 0.6 is 0 Å². The van der Waals surface area contributed by atoms with Gasteiger partial charge in [-0.2, -0.15) is 5.10 Å². The number of methoxy groups -OCH3 is 1. The Morgan fingerprint density at radius 2 is 2.39 bits per heavy atom. The number of aryl methyl sites for hydroxylation is 1. The molecule has 1 aromatic rings. The lowest BCUT2D eigenvalue weighted by Gasteiger charge is -2.24. The van der Waals surface area contributed by atoms with Crippen molar-refractivity contribution in [3.63, 3.8) is 0 Å². The normalized spacial score (nSPS) is 23.4. The molecule has 1 saturated heterocycles. The van der Waals surface area contributed by atoms with Crippen LogP contribution in [0, 0.1) is 5.92 Å². The van der Waals surface area contributed by atoms with Gasteiger partial charge in [-0.15, -0.1) is 0 Å². The van der Waals surface area contributed by atoms with Crippen LogP contribution in [0.25, 0.3) is 0 Å².